The number of fused-ring (bicyclic) bond motifs is 2. The second kappa shape index (κ2) is 21.3. The van der Waals surface area contributed by atoms with Gasteiger partial charge in [-0.2, -0.15) is 0 Å². The lowest BCUT2D eigenvalue weighted by Gasteiger charge is -2.26. The van der Waals surface area contributed by atoms with Crippen LogP contribution in [0.5, 0.6) is 0 Å². The molecule has 3 aromatic carbocycles. The molecule has 0 bridgehead atoms. The number of hydrogen-bond donors (Lipinski definition) is 6. The van der Waals surface area contributed by atoms with Crippen LogP contribution in [0.4, 0.5) is 0 Å². The summed E-state index contributed by atoms with van der Waals surface area (Å²) in [6.45, 7) is 4.76. The second-order valence-electron chi connectivity index (χ2n) is 15.6. The summed E-state index contributed by atoms with van der Waals surface area (Å²) in [4.78, 5) is 72.7. The van der Waals surface area contributed by atoms with Crippen LogP contribution in [-0.4, -0.2) is 73.5 Å². The monoisotopic (exact) mass is 846 g/mol. The summed E-state index contributed by atoms with van der Waals surface area (Å²) < 4.78 is 8.54. The summed E-state index contributed by atoms with van der Waals surface area (Å²) in [6.07, 6.45) is 6.24. The van der Waals surface area contributed by atoms with E-state index in [0.29, 0.717) is 24.2 Å². The number of rotatable bonds is 23. The van der Waals surface area contributed by atoms with Crippen molar-refractivity contribution in [1.29, 1.82) is 0 Å². The first-order valence-corrected chi connectivity index (χ1v) is 21.3. The van der Waals surface area contributed by atoms with E-state index in [1.54, 1.807) is 17.1 Å². The van der Waals surface area contributed by atoms with Crippen molar-refractivity contribution < 1.29 is 23.9 Å². The lowest BCUT2D eigenvalue weighted by molar-refractivity contribution is -0.133. The van der Waals surface area contributed by atoms with E-state index in [2.05, 4.69) is 30.6 Å². The van der Waals surface area contributed by atoms with Crippen LogP contribution < -0.4 is 27.8 Å². The molecule has 0 unspecified atom stereocenters. The predicted molar refractivity (Wildman–Crippen MR) is 237 cm³/mol. The molecule has 0 radical (unpaired) electrons. The number of aromatic nitrogens is 4. The summed E-state index contributed by atoms with van der Waals surface area (Å²) in [6, 6.07) is 22.0. The molecule has 0 saturated carbocycles. The molecule has 6 rings (SSSR count). The number of nitrogens with zero attached hydrogens (tertiary/aromatic N) is 4. The summed E-state index contributed by atoms with van der Waals surface area (Å²) >= 11 is 1.25. The Bertz CT molecular complexity index is 2400. The molecule has 3 aromatic heterocycles. The number of carbonyl (C=O) groups is 4. The minimum atomic E-state index is -1.02. The fourth-order valence-corrected chi connectivity index (χ4v) is 8.15. The van der Waals surface area contributed by atoms with Crippen LogP contribution in [0, 0.1) is 11.8 Å². The molecule has 4 atom stereocenters. The van der Waals surface area contributed by atoms with Crippen molar-refractivity contribution >= 4 is 61.8 Å². The third-order valence-corrected chi connectivity index (χ3v) is 11.4. The van der Waals surface area contributed by atoms with Crippen molar-refractivity contribution in [3.05, 3.63) is 119 Å². The van der Waals surface area contributed by atoms with E-state index in [1.807, 2.05) is 98.9 Å². The van der Waals surface area contributed by atoms with Crippen LogP contribution in [0.15, 0.2) is 103 Å². The highest BCUT2D eigenvalue weighted by Crippen LogP contribution is 2.25. The highest BCUT2D eigenvalue weighted by Gasteiger charge is 2.33. The number of aliphatic imine (C=N–C) groups is 1. The average molecular weight is 847 g/mol. The van der Waals surface area contributed by atoms with Gasteiger partial charge in [-0.05, 0) is 60.9 Å². The zero-order chi connectivity index (χ0) is 43.3. The molecular formula is C45H54N10O5S. The molecule has 0 saturated heterocycles. The average Bonchev–Trinajstić information content (AvgIpc) is 4.00. The topological polar surface area (TPSA) is 238 Å². The standard InChI is InChI=1S/C45H54N10O5S/c1-28(2)19-38(43(59)52-37(16-10-18-50-45(47)48)41(57)44-54-36-15-8-9-17-40(36)61-44)53-42(58)30(20-31-23-51-35-14-7-6-13-33(31)35)21-39(56)34(46)22-32-24-49-26-55(32)27-60-25-29-11-4-3-5-12-29/h3-9,11-15,17,23-24,26,28,30,34,37-38,51H,10,16,18-22,25,27,46H2,1-2H3,(H,52,59)(H,53,58)(H4,47,48,50)/t30-,34+,37+,38+/m1/s1. The second-order valence-corrected chi connectivity index (χ2v) is 16.6. The Morgan fingerprint density at radius 3 is 2.43 bits per heavy atom. The molecule has 16 heteroatoms. The molecule has 2 amide bonds. The number of carbonyl (C=O) groups excluding carboxylic acids is 4. The lowest BCUT2D eigenvalue weighted by Crippen LogP contribution is -2.53. The van der Waals surface area contributed by atoms with E-state index in [9.17, 15) is 19.2 Å². The fourth-order valence-electron chi connectivity index (χ4n) is 7.19. The molecule has 0 fully saturated rings. The van der Waals surface area contributed by atoms with Crippen LogP contribution in [0.1, 0.15) is 66.2 Å². The van der Waals surface area contributed by atoms with Gasteiger partial charge in [-0.3, -0.25) is 24.2 Å². The van der Waals surface area contributed by atoms with Crippen LogP contribution in [0.25, 0.3) is 21.1 Å². The summed E-state index contributed by atoms with van der Waals surface area (Å²) in [5, 5.41) is 7.07. The maximum Gasteiger partial charge on any atom is 0.243 e. The largest absolute Gasteiger partial charge is 0.370 e. The quantitative estimate of drug-likeness (QED) is 0.0223. The number of thiazole rings is 1. The Balaban J connectivity index is 1.18. The minimum absolute atomic E-state index is 0.0139. The Hall–Kier alpha value is -6.23. The Labute approximate surface area is 358 Å². The van der Waals surface area contributed by atoms with Gasteiger partial charge < -0.3 is 42.1 Å². The van der Waals surface area contributed by atoms with Gasteiger partial charge in [-0.25, -0.2) is 9.97 Å². The van der Waals surface area contributed by atoms with Gasteiger partial charge in [0, 0.05) is 54.3 Å². The number of imidazole rings is 1. The van der Waals surface area contributed by atoms with Crippen LogP contribution in [-0.2, 0) is 45.3 Å². The number of Topliss-reactive ketones (excluding diaryl/α,β-unsaturated/α-hetero) is 2. The molecule has 61 heavy (non-hydrogen) atoms. The smallest absolute Gasteiger partial charge is 0.243 e. The van der Waals surface area contributed by atoms with Gasteiger partial charge in [0.1, 0.15) is 12.8 Å². The number of ketones is 2. The number of nitrogens with one attached hydrogen (secondary N) is 3. The van der Waals surface area contributed by atoms with Gasteiger partial charge in [0.25, 0.3) is 0 Å². The molecule has 9 N–H and O–H groups in total. The predicted octanol–water partition coefficient (Wildman–Crippen LogP) is 4.79. The van der Waals surface area contributed by atoms with Crippen molar-refractivity contribution in [3.8, 4) is 0 Å². The highest BCUT2D eigenvalue weighted by molar-refractivity contribution is 7.20. The van der Waals surface area contributed by atoms with Crippen molar-refractivity contribution in [2.24, 2.45) is 34.0 Å². The Morgan fingerprint density at radius 2 is 1.66 bits per heavy atom. The summed E-state index contributed by atoms with van der Waals surface area (Å²) in [5.74, 6) is -2.64. The van der Waals surface area contributed by atoms with E-state index >= 15 is 0 Å². The lowest BCUT2D eigenvalue weighted by atomic mass is 9.89. The molecular weight excluding hydrogens is 793 g/mol. The van der Waals surface area contributed by atoms with Gasteiger partial charge in [0.05, 0.1) is 35.2 Å². The molecule has 0 aliphatic heterocycles. The van der Waals surface area contributed by atoms with E-state index < -0.39 is 35.9 Å². The number of amides is 2. The summed E-state index contributed by atoms with van der Waals surface area (Å²) in [7, 11) is 0. The first kappa shape index (κ1) is 44.3. The molecule has 15 nitrogen and oxygen atoms in total. The molecule has 3 heterocycles. The number of para-hydroxylation sites is 2. The summed E-state index contributed by atoms with van der Waals surface area (Å²) in [5.41, 5.74) is 21.8. The Kier molecular flexibility index (Phi) is 15.5. The Morgan fingerprint density at radius 1 is 0.918 bits per heavy atom. The van der Waals surface area contributed by atoms with Crippen LogP contribution >= 0.6 is 11.3 Å². The zero-order valence-electron chi connectivity index (χ0n) is 34.5. The number of hydrogen-bond acceptors (Lipinski definition) is 10. The van der Waals surface area contributed by atoms with Gasteiger partial charge in [0.15, 0.2) is 16.8 Å². The SMILES string of the molecule is CC(C)C[C@H](NC(=O)[C@@H](CC(=O)[C@@H](N)Cc1cncn1COCc1ccccc1)Cc1c[nH]c2ccccc12)C(=O)N[C@@H](CCCN=C(N)N)C(=O)c1nc2ccccc2s1. The van der Waals surface area contributed by atoms with Crippen molar-refractivity contribution in [1.82, 2.24) is 30.2 Å². The number of nitrogens with two attached hydrogens (primary N) is 3. The maximum atomic E-state index is 14.4. The van der Waals surface area contributed by atoms with E-state index in [-0.39, 0.29) is 73.8 Å². The first-order valence-electron chi connectivity index (χ1n) is 20.4. The van der Waals surface area contributed by atoms with Gasteiger partial charge in [0.2, 0.25) is 17.6 Å². The van der Waals surface area contributed by atoms with E-state index in [0.717, 1.165) is 26.7 Å². The van der Waals surface area contributed by atoms with Crippen molar-refractivity contribution in [2.75, 3.05) is 6.54 Å². The first-order chi connectivity index (χ1) is 29.4. The molecule has 0 spiro atoms. The maximum absolute atomic E-state index is 14.4. The molecule has 320 valence electrons. The molecule has 0 aliphatic carbocycles. The van der Waals surface area contributed by atoms with E-state index in [4.69, 9.17) is 21.9 Å². The third kappa shape index (κ3) is 12.4. The van der Waals surface area contributed by atoms with Crippen LogP contribution in [0.2, 0.25) is 0 Å². The van der Waals surface area contributed by atoms with Gasteiger partial charge >= 0.3 is 0 Å². The molecule has 0 aliphatic rings. The third-order valence-electron chi connectivity index (χ3n) is 10.4. The zero-order valence-corrected chi connectivity index (χ0v) is 35.3. The van der Waals surface area contributed by atoms with Crippen molar-refractivity contribution in [3.63, 3.8) is 0 Å². The van der Waals surface area contributed by atoms with Gasteiger partial charge in [-0.15, -0.1) is 11.3 Å². The van der Waals surface area contributed by atoms with Crippen LogP contribution in [0.3, 0.4) is 0 Å². The number of aromatic amines is 1. The number of benzene rings is 3. The number of guanidine groups is 1. The fraction of sp³-hybridized carbons (Fsp3) is 0.356. The normalized spacial score (nSPS) is 13.4. The van der Waals surface area contributed by atoms with Crippen molar-refractivity contribution in [2.45, 2.75) is 83.8 Å². The number of H-pyrrole nitrogens is 1. The molecule has 6 aromatic rings. The number of ether oxygens (including phenoxy) is 1. The minimum Gasteiger partial charge on any atom is -0.370 e. The highest BCUT2D eigenvalue weighted by atomic mass is 32.1. The van der Waals surface area contributed by atoms with E-state index in [1.165, 1.54) is 11.3 Å². The van der Waals surface area contributed by atoms with Gasteiger partial charge in [-0.1, -0.05) is 74.5 Å².